The molecular weight excluding hydrogens is 432 g/mol. The zero-order chi connectivity index (χ0) is 19.0. The molecule has 0 unspecified atom stereocenters. The van der Waals surface area contributed by atoms with E-state index in [-0.39, 0.29) is 19.5 Å². The van der Waals surface area contributed by atoms with E-state index in [4.69, 9.17) is 29.4 Å². The topological polar surface area (TPSA) is 121 Å². The molecule has 0 heterocycles. The Bertz CT molecular complexity index is 261. The Morgan fingerprint density at radius 2 is 0.783 bits per heavy atom. The van der Waals surface area contributed by atoms with Crippen LogP contribution >= 0.6 is 13.4 Å². The number of hydrogen-bond acceptors (Lipinski definition) is 2. The van der Waals surface area contributed by atoms with Gasteiger partial charge in [-0.2, -0.15) is 0 Å². The first-order valence-electron chi connectivity index (χ1n) is 7.11. The second-order valence-electron chi connectivity index (χ2n) is 5.39. The Morgan fingerprint density at radius 3 is 0.783 bits per heavy atom. The van der Waals surface area contributed by atoms with Gasteiger partial charge in [-0.3, -0.25) is 0 Å². The molecule has 6 nitrogen and oxygen atoms in total. The molecule has 23 heavy (non-hydrogen) atoms. The Hall–Kier alpha value is 1.68. The van der Waals surface area contributed by atoms with E-state index in [9.17, 15) is 0 Å². The molecule has 11 heteroatoms. The van der Waals surface area contributed by atoms with Crippen LogP contribution in [0, 0.1) is 11.8 Å². The van der Waals surface area contributed by atoms with Crippen molar-refractivity contribution in [3.8, 4) is 0 Å². The molecule has 0 radical (unpaired) electrons. The van der Waals surface area contributed by atoms with E-state index in [1.165, 1.54) is 25.7 Å². The monoisotopic (exact) mass is 464 g/mol. The fourth-order valence-electron chi connectivity index (χ4n) is 1.15. The predicted molar refractivity (Wildman–Crippen MR) is 101 cm³/mol. The molecule has 6 N–H and O–H groups in total. The maximum Gasteiger partial charge on any atom is 0.319 e. The number of hydrogen-bond donors (Lipinski definition) is 6. The third kappa shape index (κ3) is 189. The molecule has 0 saturated carbocycles. The maximum absolute atomic E-state index is 7.56. The summed E-state index contributed by atoms with van der Waals surface area (Å²) in [6.07, 6.45) is 5.41. The van der Waals surface area contributed by atoms with Crippen molar-refractivity contribution >= 4 is 37.1 Å². The molecule has 0 aliphatic rings. The molecule has 142 valence electrons. The number of rotatable bonds is 4. The predicted octanol–water partition coefficient (Wildman–Crippen LogP) is 3.26. The van der Waals surface area contributed by atoms with Crippen LogP contribution in [0.2, 0.25) is 0 Å². The third-order valence-corrected chi connectivity index (χ3v) is 1.73. The summed E-state index contributed by atoms with van der Waals surface area (Å²) < 4.78 is 0. The Kier molecular flexibility index (Phi) is 33.8. The van der Waals surface area contributed by atoms with E-state index >= 15 is 0 Å². The Morgan fingerprint density at radius 1 is 0.652 bits per heavy atom. The smallest absolute Gasteiger partial charge is 0.319 e. The maximum atomic E-state index is 7.56. The van der Waals surface area contributed by atoms with Crippen molar-refractivity contribution in [2.24, 2.45) is 11.8 Å². The van der Waals surface area contributed by atoms with Crippen molar-refractivity contribution in [1.29, 1.82) is 0 Å². The summed E-state index contributed by atoms with van der Waals surface area (Å²) in [5, 5.41) is 0. The molecule has 0 spiro atoms. The normalized spacial score (nSPS) is 10.3. The van der Waals surface area contributed by atoms with Crippen molar-refractivity contribution in [2.75, 3.05) is 0 Å². The van der Waals surface area contributed by atoms with Gasteiger partial charge in [0.1, 0.15) is 0 Å². The molecule has 0 aliphatic heterocycles. The van der Waals surface area contributed by atoms with Gasteiger partial charge in [0.25, 0.3) is 0 Å². The van der Waals surface area contributed by atoms with Crippen LogP contribution in [0.1, 0.15) is 67.2 Å². The first kappa shape index (κ1) is 35.7. The van der Waals surface area contributed by atoms with Gasteiger partial charge < -0.3 is 29.4 Å². The summed E-state index contributed by atoms with van der Waals surface area (Å²) in [6.45, 7) is 5.85. The van der Waals surface area contributed by atoms with E-state index in [1.54, 1.807) is 0 Å². The zero-order valence-electron chi connectivity index (χ0n) is 15.1. The van der Waals surface area contributed by atoms with Crippen molar-refractivity contribution in [3.63, 3.8) is 0 Å². The summed E-state index contributed by atoms with van der Waals surface area (Å²) in [5.74, 6) is 1.80. The first-order valence-corrected chi connectivity index (χ1v) is 12.4. The van der Waals surface area contributed by atoms with Crippen molar-refractivity contribution in [1.82, 2.24) is 0 Å². The Labute approximate surface area is 164 Å². The average molecular weight is 466 g/mol. The van der Waals surface area contributed by atoms with E-state index in [1.807, 2.05) is 0 Å². The molecule has 0 amide bonds. The second kappa shape index (κ2) is 21.7. The van der Waals surface area contributed by atoms with Gasteiger partial charge in [-0.15, -0.1) is 0 Å². The van der Waals surface area contributed by atoms with Crippen molar-refractivity contribution in [3.05, 3.63) is 0 Å². The fraction of sp³-hybridized carbons (Fsp3) is 1.00. The minimum Gasteiger partial charge on any atom is -0.325 e. The van der Waals surface area contributed by atoms with Crippen molar-refractivity contribution in [2.45, 2.75) is 67.2 Å². The van der Waals surface area contributed by atoms with Crippen LogP contribution in [-0.4, -0.2) is 29.4 Å². The van der Waals surface area contributed by atoms with E-state index in [2.05, 4.69) is 65.2 Å². The molecule has 0 saturated heterocycles. The summed E-state index contributed by atoms with van der Waals surface area (Å²) in [5.41, 5.74) is 0. The molecular formula is C12H34O6P2S2Zn. The van der Waals surface area contributed by atoms with Gasteiger partial charge in [0, 0.05) is 19.5 Å². The standard InChI is InChI=1S/2C6H14.2H3O3PS.Zn/c2*1-4-5-6(2)3;2*1-4(2,3)5;/h2*6H,4-5H2,1-3H3;2*(H3,1,2,3,5);. The molecule has 0 aromatic rings. The van der Waals surface area contributed by atoms with E-state index in [0.717, 1.165) is 11.8 Å². The minimum absolute atomic E-state index is 0. The van der Waals surface area contributed by atoms with Crippen LogP contribution in [0.15, 0.2) is 0 Å². The summed E-state index contributed by atoms with van der Waals surface area (Å²) in [6, 6.07) is 0. The molecule has 0 fully saturated rings. The van der Waals surface area contributed by atoms with Gasteiger partial charge in [0.15, 0.2) is 0 Å². The van der Waals surface area contributed by atoms with Gasteiger partial charge in [-0.25, -0.2) is 0 Å². The van der Waals surface area contributed by atoms with E-state index in [0.29, 0.717) is 0 Å². The van der Waals surface area contributed by atoms with Crippen LogP contribution in [0.5, 0.6) is 0 Å². The quantitative estimate of drug-likeness (QED) is 0.276. The van der Waals surface area contributed by atoms with Crippen LogP contribution in [0.4, 0.5) is 0 Å². The average Bonchev–Trinajstić information content (AvgIpc) is 2.11. The fourth-order valence-corrected chi connectivity index (χ4v) is 1.15. The van der Waals surface area contributed by atoms with Crippen molar-refractivity contribution < 1.29 is 48.8 Å². The van der Waals surface area contributed by atoms with Gasteiger partial charge >= 0.3 is 13.4 Å². The first-order chi connectivity index (χ1) is 9.54. The second-order valence-corrected chi connectivity index (χ2v) is 10.4. The van der Waals surface area contributed by atoms with E-state index < -0.39 is 13.4 Å². The van der Waals surface area contributed by atoms with Crippen LogP contribution < -0.4 is 0 Å². The van der Waals surface area contributed by atoms with Gasteiger partial charge in [-0.05, 0) is 35.4 Å². The molecule has 0 aromatic heterocycles. The largest absolute Gasteiger partial charge is 0.325 e. The summed E-state index contributed by atoms with van der Waals surface area (Å²) in [7, 11) is 0. The molecule has 0 rings (SSSR count). The summed E-state index contributed by atoms with van der Waals surface area (Å²) >= 11 is 7.21. The molecule has 0 atom stereocenters. The van der Waals surface area contributed by atoms with Gasteiger partial charge in [-0.1, -0.05) is 67.2 Å². The third-order valence-electron chi connectivity index (χ3n) is 1.73. The molecule has 0 bridgehead atoms. The summed E-state index contributed by atoms with van der Waals surface area (Å²) in [4.78, 5) is 45.3. The van der Waals surface area contributed by atoms with Crippen LogP contribution in [0.3, 0.4) is 0 Å². The van der Waals surface area contributed by atoms with Crippen LogP contribution in [-0.2, 0) is 43.1 Å². The van der Waals surface area contributed by atoms with Crippen LogP contribution in [0.25, 0.3) is 0 Å². The SMILES string of the molecule is CCCC(C)C.CCCC(C)C.OP(O)(O)=S.OP(O)(O)=S.[Zn]. The Balaban J connectivity index is -0.0000000620. The molecule has 0 aromatic carbocycles. The van der Waals surface area contributed by atoms with Gasteiger partial charge in [0.2, 0.25) is 0 Å². The van der Waals surface area contributed by atoms with Gasteiger partial charge in [0.05, 0.1) is 0 Å². The molecule has 0 aliphatic carbocycles. The zero-order valence-corrected chi connectivity index (χ0v) is 21.5. The minimum atomic E-state index is -3.81.